The zero-order valence-electron chi connectivity index (χ0n) is 10.2. The summed E-state index contributed by atoms with van der Waals surface area (Å²) in [5, 5.41) is 11.4. The van der Waals surface area contributed by atoms with Gasteiger partial charge in [-0.05, 0) is 5.56 Å². The number of hydrogen-bond donors (Lipinski definition) is 2. The lowest BCUT2D eigenvalue weighted by atomic mass is 10.0. The van der Waals surface area contributed by atoms with Gasteiger partial charge in [-0.25, -0.2) is 0 Å². The number of piperazine rings is 1. The second-order valence-electron chi connectivity index (χ2n) is 4.26. The van der Waals surface area contributed by atoms with Crippen LogP contribution < -0.4 is 5.32 Å². The highest BCUT2D eigenvalue weighted by molar-refractivity contribution is 5.97. The average molecular weight is 262 g/mol. The van der Waals surface area contributed by atoms with Crippen molar-refractivity contribution >= 4 is 17.8 Å². The lowest BCUT2D eigenvalue weighted by molar-refractivity contribution is -0.149. The van der Waals surface area contributed by atoms with Gasteiger partial charge in [0.05, 0.1) is 0 Å². The molecule has 1 fully saturated rings. The van der Waals surface area contributed by atoms with Crippen molar-refractivity contribution in [2.45, 2.75) is 12.5 Å². The molecule has 1 aliphatic heterocycles. The van der Waals surface area contributed by atoms with Gasteiger partial charge in [0.2, 0.25) is 11.8 Å². The third kappa shape index (κ3) is 2.90. The highest BCUT2D eigenvalue weighted by atomic mass is 16.4. The highest BCUT2D eigenvalue weighted by Gasteiger charge is 2.34. The zero-order valence-corrected chi connectivity index (χ0v) is 10.2. The van der Waals surface area contributed by atoms with Crippen molar-refractivity contribution < 1.29 is 19.5 Å². The molecule has 0 bridgehead atoms. The van der Waals surface area contributed by atoms with Crippen LogP contribution in [0.3, 0.4) is 0 Å². The van der Waals surface area contributed by atoms with Crippen LogP contribution >= 0.6 is 0 Å². The van der Waals surface area contributed by atoms with Crippen LogP contribution in [-0.4, -0.2) is 40.9 Å². The van der Waals surface area contributed by atoms with Crippen molar-refractivity contribution in [1.82, 2.24) is 10.2 Å². The monoisotopic (exact) mass is 262 g/mol. The van der Waals surface area contributed by atoms with E-state index >= 15 is 0 Å². The molecule has 1 aliphatic rings. The van der Waals surface area contributed by atoms with Gasteiger partial charge in [0.25, 0.3) is 0 Å². The van der Waals surface area contributed by atoms with E-state index in [4.69, 9.17) is 5.11 Å². The molecule has 2 amide bonds. The number of nitrogens with one attached hydrogen (secondary N) is 1. The quantitative estimate of drug-likeness (QED) is 0.760. The van der Waals surface area contributed by atoms with E-state index in [0.29, 0.717) is 18.7 Å². The van der Waals surface area contributed by atoms with Crippen LogP contribution in [0.1, 0.15) is 18.0 Å². The highest BCUT2D eigenvalue weighted by Crippen LogP contribution is 2.23. The van der Waals surface area contributed by atoms with E-state index in [0.717, 1.165) is 0 Å². The molecule has 1 aromatic rings. The normalized spacial score (nSPS) is 18.8. The van der Waals surface area contributed by atoms with E-state index in [1.807, 2.05) is 6.07 Å². The number of carbonyl (C=O) groups excluding carboxylic acids is 2. The van der Waals surface area contributed by atoms with Crippen LogP contribution in [0, 0.1) is 0 Å². The average Bonchev–Trinajstić information content (AvgIpc) is 2.38. The van der Waals surface area contributed by atoms with Gasteiger partial charge in [0, 0.05) is 13.1 Å². The Labute approximate surface area is 110 Å². The largest absolute Gasteiger partial charge is 0.481 e. The van der Waals surface area contributed by atoms with Crippen LogP contribution in [-0.2, 0) is 14.4 Å². The maximum atomic E-state index is 11.9. The molecule has 100 valence electrons. The Morgan fingerprint density at radius 3 is 2.63 bits per heavy atom. The van der Waals surface area contributed by atoms with Crippen molar-refractivity contribution in [1.29, 1.82) is 0 Å². The Morgan fingerprint density at radius 2 is 2.00 bits per heavy atom. The number of nitrogens with zero attached hydrogens (tertiary/aromatic N) is 1. The molecule has 2 rings (SSSR count). The van der Waals surface area contributed by atoms with Gasteiger partial charge >= 0.3 is 5.97 Å². The summed E-state index contributed by atoms with van der Waals surface area (Å²) in [7, 11) is 0. The van der Waals surface area contributed by atoms with E-state index < -0.39 is 24.3 Å². The third-order valence-corrected chi connectivity index (χ3v) is 2.95. The number of carboxylic acid groups (broad SMARTS) is 1. The zero-order chi connectivity index (χ0) is 13.8. The van der Waals surface area contributed by atoms with Crippen LogP contribution in [0.2, 0.25) is 0 Å². The summed E-state index contributed by atoms with van der Waals surface area (Å²) in [6.45, 7) is 0.658. The van der Waals surface area contributed by atoms with Crippen molar-refractivity contribution in [3.63, 3.8) is 0 Å². The molecule has 1 unspecified atom stereocenters. The van der Waals surface area contributed by atoms with Crippen LogP contribution in [0.15, 0.2) is 30.3 Å². The van der Waals surface area contributed by atoms with Gasteiger partial charge in [0.1, 0.15) is 12.5 Å². The summed E-state index contributed by atoms with van der Waals surface area (Å²) in [5.41, 5.74) is 0.679. The summed E-state index contributed by atoms with van der Waals surface area (Å²) in [6, 6.07) is 8.11. The van der Waals surface area contributed by atoms with Crippen molar-refractivity contribution in [2.75, 3.05) is 13.1 Å². The van der Waals surface area contributed by atoms with Gasteiger partial charge in [-0.3, -0.25) is 14.4 Å². The first kappa shape index (κ1) is 13.1. The van der Waals surface area contributed by atoms with E-state index in [1.54, 1.807) is 24.3 Å². The Kier molecular flexibility index (Phi) is 3.79. The molecule has 6 nitrogen and oxygen atoms in total. The van der Waals surface area contributed by atoms with Crippen LogP contribution in [0.25, 0.3) is 0 Å². The summed E-state index contributed by atoms with van der Waals surface area (Å²) in [6.07, 6.45) is -0.601. The molecule has 19 heavy (non-hydrogen) atoms. The molecule has 6 heteroatoms. The fourth-order valence-electron chi connectivity index (χ4n) is 2.13. The molecule has 1 aromatic carbocycles. The lowest BCUT2D eigenvalue weighted by Gasteiger charge is -2.35. The van der Waals surface area contributed by atoms with E-state index in [-0.39, 0.29) is 5.91 Å². The molecule has 2 N–H and O–H groups in total. The standard InChI is InChI=1S/C13H14N2O4/c16-10(8-11(17)18)15-7-6-14-13(19)12(15)9-4-2-1-3-5-9/h1-5,12H,6-8H2,(H,14,19)(H,17,18). The topological polar surface area (TPSA) is 86.7 Å². The molecule has 0 spiro atoms. The van der Waals surface area contributed by atoms with Gasteiger partial charge in [-0.15, -0.1) is 0 Å². The first-order chi connectivity index (χ1) is 9.09. The Hall–Kier alpha value is -2.37. The minimum absolute atomic E-state index is 0.281. The van der Waals surface area contributed by atoms with Gasteiger partial charge in [0.15, 0.2) is 0 Å². The smallest absolute Gasteiger partial charge is 0.312 e. The predicted octanol–water partition coefficient (Wildman–Crippen LogP) is 0.161. The molecule has 0 aromatic heterocycles. The minimum Gasteiger partial charge on any atom is -0.481 e. The van der Waals surface area contributed by atoms with E-state index in [1.165, 1.54) is 4.90 Å². The van der Waals surface area contributed by atoms with Crippen molar-refractivity contribution in [3.8, 4) is 0 Å². The van der Waals surface area contributed by atoms with Gasteiger partial charge in [-0.2, -0.15) is 0 Å². The molecule has 0 aliphatic carbocycles. The lowest BCUT2D eigenvalue weighted by Crippen LogP contribution is -2.52. The van der Waals surface area contributed by atoms with Crippen molar-refractivity contribution in [2.24, 2.45) is 0 Å². The summed E-state index contributed by atoms with van der Waals surface area (Å²) in [4.78, 5) is 35.8. The first-order valence-corrected chi connectivity index (χ1v) is 5.93. The maximum Gasteiger partial charge on any atom is 0.312 e. The van der Waals surface area contributed by atoms with E-state index in [2.05, 4.69) is 5.32 Å². The minimum atomic E-state index is -1.19. The second-order valence-corrected chi connectivity index (χ2v) is 4.26. The van der Waals surface area contributed by atoms with Gasteiger partial charge in [-0.1, -0.05) is 30.3 Å². The molecule has 1 atom stereocenters. The number of hydrogen-bond acceptors (Lipinski definition) is 3. The van der Waals surface area contributed by atoms with Gasteiger partial charge < -0.3 is 15.3 Å². The summed E-state index contributed by atoms with van der Waals surface area (Å²) in [5.74, 6) is -2.02. The summed E-state index contributed by atoms with van der Waals surface area (Å²) < 4.78 is 0. The fourth-order valence-corrected chi connectivity index (χ4v) is 2.13. The Balaban J connectivity index is 2.27. The first-order valence-electron chi connectivity index (χ1n) is 5.93. The van der Waals surface area contributed by atoms with Crippen molar-refractivity contribution in [3.05, 3.63) is 35.9 Å². The number of benzene rings is 1. The van der Waals surface area contributed by atoms with E-state index in [9.17, 15) is 14.4 Å². The SMILES string of the molecule is O=C(O)CC(=O)N1CCNC(=O)C1c1ccccc1. The maximum absolute atomic E-state index is 11.9. The molecular formula is C13H14N2O4. The molecule has 1 saturated heterocycles. The fraction of sp³-hybridized carbons (Fsp3) is 0.308. The molecule has 0 radical (unpaired) electrons. The predicted molar refractivity (Wildman–Crippen MR) is 66.2 cm³/mol. The summed E-state index contributed by atoms with van der Waals surface area (Å²) >= 11 is 0. The molecule has 0 saturated carbocycles. The Morgan fingerprint density at radius 1 is 1.32 bits per heavy atom. The molecular weight excluding hydrogens is 248 g/mol. The second kappa shape index (κ2) is 5.51. The van der Waals surface area contributed by atoms with Crippen LogP contribution in [0.5, 0.6) is 0 Å². The van der Waals surface area contributed by atoms with Crippen LogP contribution in [0.4, 0.5) is 0 Å². The number of carboxylic acids is 1. The number of carbonyl (C=O) groups is 3. The third-order valence-electron chi connectivity index (χ3n) is 2.95. The number of rotatable bonds is 3. The molecule has 1 heterocycles. The number of aliphatic carboxylic acids is 1. The number of amides is 2. The Bertz CT molecular complexity index is 501.